The predicted octanol–water partition coefficient (Wildman–Crippen LogP) is 3.66. The first-order valence-corrected chi connectivity index (χ1v) is 13.5. The van der Waals surface area contributed by atoms with Gasteiger partial charge in [-0.15, -0.1) is 0 Å². The zero-order valence-electron chi connectivity index (χ0n) is 19.2. The van der Waals surface area contributed by atoms with Gasteiger partial charge >= 0.3 is 0 Å². The molecule has 0 radical (unpaired) electrons. The Bertz CT molecular complexity index is 1150. The number of pyridine rings is 1. The summed E-state index contributed by atoms with van der Waals surface area (Å²) in [6, 6.07) is 9.71. The van der Waals surface area contributed by atoms with Gasteiger partial charge in [0.05, 0.1) is 12.0 Å². The molecule has 2 atom stereocenters. The monoisotopic (exact) mass is 471 g/mol. The van der Waals surface area contributed by atoms with Gasteiger partial charge in [0.1, 0.15) is 11.4 Å². The Morgan fingerprint density at radius 3 is 2.48 bits per heavy atom. The summed E-state index contributed by atoms with van der Waals surface area (Å²) >= 11 is 0. The number of sulfonamides is 1. The molecule has 1 N–H and O–H groups in total. The van der Waals surface area contributed by atoms with Crippen LogP contribution in [0.2, 0.25) is 0 Å². The summed E-state index contributed by atoms with van der Waals surface area (Å²) in [6.45, 7) is 3.85. The third-order valence-corrected chi connectivity index (χ3v) is 8.92. The van der Waals surface area contributed by atoms with Gasteiger partial charge in [-0.25, -0.2) is 8.42 Å². The minimum absolute atomic E-state index is 0.0978. The quantitative estimate of drug-likeness (QED) is 0.696. The normalized spacial score (nSPS) is 23.7. The number of nitrogens with one attached hydrogen (secondary N) is 1. The van der Waals surface area contributed by atoms with E-state index in [9.17, 15) is 13.2 Å². The molecule has 2 fully saturated rings. The summed E-state index contributed by atoms with van der Waals surface area (Å²) < 4.78 is 35.1. The number of methoxy groups -OCH3 is 1. The van der Waals surface area contributed by atoms with E-state index in [1.165, 1.54) is 57.9 Å². The molecule has 3 aliphatic rings. The van der Waals surface area contributed by atoms with E-state index in [4.69, 9.17) is 4.74 Å². The smallest absolute Gasteiger partial charge is 0.275 e. The molecular formula is C25H33N3O4S. The number of nitrogens with zero attached hydrogens (tertiary/aromatic N) is 2. The summed E-state index contributed by atoms with van der Waals surface area (Å²) in [6.07, 6.45) is 7.90. The minimum atomic E-state index is -3.86. The highest BCUT2D eigenvalue weighted by atomic mass is 32.2. The van der Waals surface area contributed by atoms with Crippen molar-refractivity contribution in [3.05, 3.63) is 52.4 Å². The summed E-state index contributed by atoms with van der Waals surface area (Å²) in [5.41, 5.74) is 0.894. The molecule has 1 aromatic carbocycles. The number of aromatic nitrogens is 1. The Hall–Kier alpha value is -2.32. The van der Waals surface area contributed by atoms with Crippen LogP contribution in [-0.2, 0) is 16.6 Å². The van der Waals surface area contributed by atoms with Crippen LogP contribution in [0.5, 0.6) is 5.75 Å². The van der Waals surface area contributed by atoms with Crippen LogP contribution in [0.3, 0.4) is 0 Å². The first-order valence-electron chi connectivity index (χ1n) is 12.1. The molecule has 2 aromatic rings. The van der Waals surface area contributed by atoms with E-state index in [-0.39, 0.29) is 16.1 Å². The fraction of sp³-hybridized carbons (Fsp3) is 0.560. The van der Waals surface area contributed by atoms with Crippen LogP contribution >= 0.6 is 0 Å². The molecule has 3 heterocycles. The second-order valence-corrected chi connectivity index (χ2v) is 11.6. The highest BCUT2D eigenvalue weighted by Crippen LogP contribution is 2.36. The van der Waals surface area contributed by atoms with Gasteiger partial charge in [0.15, 0.2) is 0 Å². The second-order valence-electron chi connectivity index (χ2n) is 9.89. The van der Waals surface area contributed by atoms with E-state index < -0.39 is 10.0 Å². The van der Waals surface area contributed by atoms with E-state index in [1.54, 1.807) is 18.2 Å². The van der Waals surface area contributed by atoms with E-state index in [1.807, 2.05) is 10.6 Å². The first kappa shape index (κ1) is 22.5. The molecular weight excluding hydrogens is 438 g/mol. The molecule has 1 aromatic heterocycles. The predicted molar refractivity (Wildman–Crippen MR) is 128 cm³/mol. The van der Waals surface area contributed by atoms with Crippen molar-refractivity contribution in [2.45, 2.75) is 55.9 Å². The molecule has 8 heteroatoms. The van der Waals surface area contributed by atoms with Crippen LogP contribution < -0.4 is 15.0 Å². The number of hydrogen-bond acceptors (Lipinski definition) is 5. The summed E-state index contributed by atoms with van der Waals surface area (Å²) in [5, 5.41) is 0. The number of ether oxygens (including phenoxy) is 1. The Balaban J connectivity index is 1.34. The minimum Gasteiger partial charge on any atom is -0.497 e. The Morgan fingerprint density at radius 1 is 1.00 bits per heavy atom. The zero-order chi connectivity index (χ0) is 23.0. The van der Waals surface area contributed by atoms with Crippen molar-refractivity contribution in [2.75, 3.05) is 31.5 Å². The molecule has 0 amide bonds. The average molecular weight is 472 g/mol. The SMILES string of the molecule is COc1ccc(S(=O)(=O)Nc2ccc3n(c2=O)CC2CC3CN(CC3CCCCC3)C2)cc1. The van der Waals surface area contributed by atoms with Gasteiger partial charge in [0, 0.05) is 37.8 Å². The molecule has 2 aliphatic heterocycles. The second kappa shape index (κ2) is 9.14. The third-order valence-electron chi connectivity index (χ3n) is 7.54. The number of piperidine rings is 1. The molecule has 2 unspecified atom stereocenters. The Morgan fingerprint density at radius 2 is 1.76 bits per heavy atom. The van der Waals surface area contributed by atoms with E-state index in [0.717, 1.165) is 31.1 Å². The van der Waals surface area contributed by atoms with Gasteiger partial charge in [-0.3, -0.25) is 9.52 Å². The Labute approximate surface area is 195 Å². The molecule has 1 saturated carbocycles. The van der Waals surface area contributed by atoms with Crippen molar-refractivity contribution < 1.29 is 13.2 Å². The lowest BCUT2D eigenvalue weighted by Crippen LogP contribution is -2.48. The van der Waals surface area contributed by atoms with Gasteiger partial charge in [0.2, 0.25) is 0 Å². The number of benzene rings is 1. The molecule has 33 heavy (non-hydrogen) atoms. The Kier molecular flexibility index (Phi) is 6.22. The van der Waals surface area contributed by atoms with Crippen LogP contribution in [0, 0.1) is 11.8 Å². The summed E-state index contributed by atoms with van der Waals surface area (Å²) in [4.78, 5) is 16.0. The van der Waals surface area contributed by atoms with E-state index in [2.05, 4.69) is 9.62 Å². The van der Waals surface area contributed by atoms with Crippen molar-refractivity contribution in [3.63, 3.8) is 0 Å². The first-order chi connectivity index (χ1) is 15.9. The number of anilines is 1. The molecule has 2 bridgehead atoms. The highest BCUT2D eigenvalue weighted by Gasteiger charge is 2.36. The topological polar surface area (TPSA) is 80.6 Å². The lowest BCUT2D eigenvalue weighted by molar-refractivity contribution is 0.0968. The molecule has 1 saturated heterocycles. The van der Waals surface area contributed by atoms with E-state index >= 15 is 0 Å². The largest absolute Gasteiger partial charge is 0.497 e. The van der Waals surface area contributed by atoms with Gasteiger partial charge in [0.25, 0.3) is 15.6 Å². The summed E-state index contributed by atoms with van der Waals surface area (Å²) in [7, 11) is -2.33. The average Bonchev–Trinajstić information content (AvgIpc) is 2.82. The number of likely N-dealkylation sites (tertiary alicyclic amines) is 1. The fourth-order valence-corrected chi connectivity index (χ4v) is 7.02. The molecule has 178 valence electrons. The number of hydrogen-bond donors (Lipinski definition) is 1. The number of fused-ring (bicyclic) bond motifs is 4. The molecule has 1 aliphatic carbocycles. The van der Waals surface area contributed by atoms with Crippen molar-refractivity contribution in [3.8, 4) is 5.75 Å². The van der Waals surface area contributed by atoms with Crippen molar-refractivity contribution in [1.29, 1.82) is 0 Å². The third kappa shape index (κ3) is 4.68. The lowest BCUT2D eigenvalue weighted by Gasteiger charge is -2.44. The molecule has 0 spiro atoms. The van der Waals surface area contributed by atoms with Crippen LogP contribution in [0.25, 0.3) is 0 Å². The van der Waals surface area contributed by atoms with Crippen LogP contribution in [0.4, 0.5) is 5.69 Å². The van der Waals surface area contributed by atoms with Gasteiger partial charge < -0.3 is 14.2 Å². The van der Waals surface area contributed by atoms with Gasteiger partial charge in [-0.1, -0.05) is 19.3 Å². The van der Waals surface area contributed by atoms with Crippen LogP contribution in [0.1, 0.15) is 50.1 Å². The van der Waals surface area contributed by atoms with Crippen molar-refractivity contribution in [1.82, 2.24) is 9.47 Å². The maximum absolute atomic E-state index is 13.3. The fourth-order valence-electron chi connectivity index (χ4n) is 5.97. The van der Waals surface area contributed by atoms with Gasteiger partial charge in [-0.05, 0) is 67.5 Å². The maximum atomic E-state index is 13.3. The van der Waals surface area contributed by atoms with Gasteiger partial charge in [-0.2, -0.15) is 0 Å². The zero-order valence-corrected chi connectivity index (χ0v) is 20.0. The number of rotatable bonds is 6. The van der Waals surface area contributed by atoms with Crippen LogP contribution in [-0.4, -0.2) is 44.6 Å². The molecule has 7 nitrogen and oxygen atoms in total. The maximum Gasteiger partial charge on any atom is 0.275 e. The van der Waals surface area contributed by atoms with E-state index in [0.29, 0.717) is 24.1 Å². The van der Waals surface area contributed by atoms with Crippen molar-refractivity contribution >= 4 is 15.7 Å². The summed E-state index contributed by atoms with van der Waals surface area (Å²) in [5.74, 6) is 2.16. The highest BCUT2D eigenvalue weighted by molar-refractivity contribution is 7.92. The molecule has 5 rings (SSSR count). The van der Waals surface area contributed by atoms with Crippen LogP contribution in [0.15, 0.2) is 46.1 Å². The standard InChI is InChI=1S/C25H33N3O4S/c1-32-21-7-9-22(10-8-21)33(30,31)26-23-11-12-24-20-13-19(16-28(24)25(23)29)15-27(17-20)14-18-5-3-2-4-6-18/h7-12,18-20,26H,2-6,13-17H2,1H3. The van der Waals surface area contributed by atoms with Crippen molar-refractivity contribution in [2.24, 2.45) is 11.8 Å². The lowest BCUT2D eigenvalue weighted by atomic mass is 9.81.